The SMILES string of the molecule is CCNCCCNC(=O)NCC(C)C(=O)O. The first-order valence-electron chi connectivity index (χ1n) is 5.53. The van der Waals surface area contributed by atoms with Gasteiger partial charge in [-0.25, -0.2) is 4.79 Å². The minimum absolute atomic E-state index is 0.147. The number of rotatable bonds is 8. The summed E-state index contributed by atoms with van der Waals surface area (Å²) in [6.07, 6.45) is 0.857. The molecule has 4 N–H and O–H groups in total. The summed E-state index contributed by atoms with van der Waals surface area (Å²) in [7, 11) is 0. The normalized spacial score (nSPS) is 11.9. The van der Waals surface area contributed by atoms with Crippen LogP contribution in [0.1, 0.15) is 20.3 Å². The third-order valence-electron chi connectivity index (χ3n) is 2.06. The van der Waals surface area contributed by atoms with Crippen LogP contribution >= 0.6 is 0 Å². The van der Waals surface area contributed by atoms with Gasteiger partial charge in [0, 0.05) is 13.1 Å². The molecule has 0 aromatic heterocycles. The highest BCUT2D eigenvalue weighted by molar-refractivity contribution is 5.75. The highest BCUT2D eigenvalue weighted by atomic mass is 16.4. The Bertz CT molecular complexity index is 221. The standard InChI is InChI=1S/C10H21N3O3/c1-3-11-5-4-6-12-10(16)13-7-8(2)9(14)15/h8,11H,3-7H2,1-2H3,(H,14,15)(H2,12,13,16). The van der Waals surface area contributed by atoms with E-state index in [0.717, 1.165) is 19.5 Å². The first-order chi connectivity index (χ1) is 7.57. The van der Waals surface area contributed by atoms with Crippen LogP contribution in [0.25, 0.3) is 0 Å². The van der Waals surface area contributed by atoms with Crippen LogP contribution in [-0.4, -0.2) is 43.3 Å². The summed E-state index contributed by atoms with van der Waals surface area (Å²) >= 11 is 0. The maximum atomic E-state index is 11.2. The van der Waals surface area contributed by atoms with Crippen molar-refractivity contribution in [3.05, 3.63) is 0 Å². The Kier molecular flexibility index (Phi) is 8.24. The van der Waals surface area contributed by atoms with Crippen LogP contribution < -0.4 is 16.0 Å². The van der Waals surface area contributed by atoms with Gasteiger partial charge >= 0.3 is 12.0 Å². The average molecular weight is 231 g/mol. The molecular weight excluding hydrogens is 210 g/mol. The second kappa shape index (κ2) is 8.96. The Morgan fingerprint density at radius 1 is 1.25 bits per heavy atom. The second-order valence-electron chi connectivity index (χ2n) is 3.58. The van der Waals surface area contributed by atoms with Crippen LogP contribution in [0.2, 0.25) is 0 Å². The molecule has 1 unspecified atom stereocenters. The largest absolute Gasteiger partial charge is 0.481 e. The minimum atomic E-state index is -0.910. The fraction of sp³-hybridized carbons (Fsp3) is 0.800. The zero-order valence-electron chi connectivity index (χ0n) is 9.88. The van der Waals surface area contributed by atoms with E-state index < -0.39 is 11.9 Å². The van der Waals surface area contributed by atoms with Crippen molar-refractivity contribution >= 4 is 12.0 Å². The summed E-state index contributed by atoms with van der Waals surface area (Å²) in [6, 6.07) is -0.315. The zero-order chi connectivity index (χ0) is 12.4. The summed E-state index contributed by atoms with van der Waals surface area (Å²) in [6.45, 7) is 6.08. The molecule has 0 bridgehead atoms. The van der Waals surface area contributed by atoms with Crippen molar-refractivity contribution in [2.45, 2.75) is 20.3 Å². The summed E-state index contributed by atoms with van der Waals surface area (Å²) in [5.74, 6) is -1.47. The van der Waals surface area contributed by atoms with Gasteiger partial charge < -0.3 is 21.1 Å². The molecule has 0 spiro atoms. The van der Waals surface area contributed by atoms with Gasteiger partial charge in [0.1, 0.15) is 0 Å². The van der Waals surface area contributed by atoms with Crippen LogP contribution in [0.4, 0.5) is 4.79 Å². The van der Waals surface area contributed by atoms with Crippen LogP contribution in [0, 0.1) is 5.92 Å². The zero-order valence-corrected chi connectivity index (χ0v) is 9.88. The molecule has 94 valence electrons. The topological polar surface area (TPSA) is 90.5 Å². The van der Waals surface area contributed by atoms with Crippen LogP contribution in [0.3, 0.4) is 0 Å². The Morgan fingerprint density at radius 3 is 2.50 bits per heavy atom. The summed E-state index contributed by atoms with van der Waals surface area (Å²) in [5.41, 5.74) is 0. The molecule has 0 aromatic carbocycles. The van der Waals surface area contributed by atoms with Crippen LogP contribution in [0.5, 0.6) is 0 Å². The van der Waals surface area contributed by atoms with E-state index in [1.807, 2.05) is 6.92 Å². The number of amides is 2. The van der Waals surface area contributed by atoms with Crippen molar-refractivity contribution in [3.8, 4) is 0 Å². The first-order valence-corrected chi connectivity index (χ1v) is 5.53. The lowest BCUT2D eigenvalue weighted by molar-refractivity contribution is -0.140. The first kappa shape index (κ1) is 14.7. The third kappa shape index (κ3) is 8.05. The fourth-order valence-corrected chi connectivity index (χ4v) is 0.988. The highest BCUT2D eigenvalue weighted by Crippen LogP contribution is 1.90. The number of carbonyl (C=O) groups is 2. The smallest absolute Gasteiger partial charge is 0.314 e. The van der Waals surface area contributed by atoms with Crippen LogP contribution in [-0.2, 0) is 4.79 Å². The Hall–Kier alpha value is -1.30. The molecule has 0 fully saturated rings. The van der Waals surface area contributed by atoms with Crippen molar-refractivity contribution in [1.82, 2.24) is 16.0 Å². The van der Waals surface area contributed by atoms with Gasteiger partial charge in [-0.1, -0.05) is 13.8 Å². The molecule has 0 aromatic rings. The molecule has 0 heterocycles. The van der Waals surface area contributed by atoms with Gasteiger partial charge in [-0.15, -0.1) is 0 Å². The molecule has 16 heavy (non-hydrogen) atoms. The molecule has 0 radical (unpaired) electrons. The number of urea groups is 1. The fourth-order valence-electron chi connectivity index (χ4n) is 0.988. The highest BCUT2D eigenvalue weighted by Gasteiger charge is 2.11. The van der Waals surface area contributed by atoms with E-state index in [9.17, 15) is 9.59 Å². The molecule has 0 saturated heterocycles. The maximum absolute atomic E-state index is 11.2. The van der Waals surface area contributed by atoms with Gasteiger partial charge in [0.25, 0.3) is 0 Å². The Balaban J connectivity index is 3.41. The lowest BCUT2D eigenvalue weighted by Crippen LogP contribution is -2.40. The van der Waals surface area contributed by atoms with Crippen molar-refractivity contribution in [2.24, 2.45) is 5.92 Å². The Labute approximate surface area is 95.8 Å². The number of hydrogen-bond donors (Lipinski definition) is 4. The van der Waals surface area contributed by atoms with E-state index in [2.05, 4.69) is 16.0 Å². The lowest BCUT2D eigenvalue weighted by Gasteiger charge is -2.09. The number of carbonyl (C=O) groups excluding carboxylic acids is 1. The van der Waals surface area contributed by atoms with Crippen molar-refractivity contribution in [1.29, 1.82) is 0 Å². The summed E-state index contributed by atoms with van der Waals surface area (Å²) < 4.78 is 0. The maximum Gasteiger partial charge on any atom is 0.314 e. The number of carboxylic acids is 1. The second-order valence-corrected chi connectivity index (χ2v) is 3.58. The molecule has 0 rings (SSSR count). The van der Waals surface area contributed by atoms with Gasteiger partial charge in [-0.2, -0.15) is 0 Å². The number of nitrogens with one attached hydrogen (secondary N) is 3. The molecular formula is C10H21N3O3. The molecule has 0 aliphatic heterocycles. The van der Waals surface area contributed by atoms with E-state index >= 15 is 0 Å². The van der Waals surface area contributed by atoms with Crippen molar-refractivity contribution < 1.29 is 14.7 Å². The molecule has 6 heteroatoms. The van der Waals surface area contributed by atoms with Crippen LogP contribution in [0.15, 0.2) is 0 Å². The predicted octanol–water partition coefficient (Wildman–Crippen LogP) is 0.00590. The molecule has 2 amide bonds. The Morgan fingerprint density at radius 2 is 1.94 bits per heavy atom. The van der Waals surface area contributed by atoms with Gasteiger partial charge in [0.05, 0.1) is 5.92 Å². The lowest BCUT2D eigenvalue weighted by atomic mass is 10.2. The third-order valence-corrected chi connectivity index (χ3v) is 2.06. The van der Waals surface area contributed by atoms with E-state index in [4.69, 9.17) is 5.11 Å². The number of carboxylic acid groups (broad SMARTS) is 1. The molecule has 0 aliphatic rings. The van der Waals surface area contributed by atoms with E-state index in [-0.39, 0.29) is 12.6 Å². The molecule has 0 saturated carbocycles. The van der Waals surface area contributed by atoms with Crippen molar-refractivity contribution in [2.75, 3.05) is 26.2 Å². The van der Waals surface area contributed by atoms with Gasteiger partial charge in [-0.05, 0) is 19.5 Å². The molecule has 6 nitrogen and oxygen atoms in total. The molecule has 0 aliphatic carbocycles. The van der Waals surface area contributed by atoms with Gasteiger partial charge in [0.15, 0.2) is 0 Å². The van der Waals surface area contributed by atoms with E-state index in [0.29, 0.717) is 6.54 Å². The van der Waals surface area contributed by atoms with Gasteiger partial charge in [-0.3, -0.25) is 4.79 Å². The van der Waals surface area contributed by atoms with Crippen molar-refractivity contribution in [3.63, 3.8) is 0 Å². The average Bonchev–Trinajstić information content (AvgIpc) is 2.25. The van der Waals surface area contributed by atoms with E-state index in [1.54, 1.807) is 6.92 Å². The number of hydrogen-bond acceptors (Lipinski definition) is 3. The monoisotopic (exact) mass is 231 g/mol. The molecule has 1 atom stereocenters. The number of aliphatic carboxylic acids is 1. The minimum Gasteiger partial charge on any atom is -0.481 e. The van der Waals surface area contributed by atoms with E-state index in [1.165, 1.54) is 0 Å². The van der Waals surface area contributed by atoms with Gasteiger partial charge in [0.2, 0.25) is 0 Å². The summed E-state index contributed by atoms with van der Waals surface area (Å²) in [5, 5.41) is 16.9. The predicted molar refractivity (Wildman–Crippen MR) is 61.4 cm³/mol. The quantitative estimate of drug-likeness (QED) is 0.443. The summed E-state index contributed by atoms with van der Waals surface area (Å²) in [4.78, 5) is 21.6.